The maximum Gasteiger partial charge on any atom is 0.165 e. The molecule has 0 N–H and O–H groups in total. The summed E-state index contributed by atoms with van der Waals surface area (Å²) < 4.78 is 23.8. The van der Waals surface area contributed by atoms with Gasteiger partial charge in [-0.15, -0.1) is 0 Å². The number of rotatable bonds is 4. The van der Waals surface area contributed by atoms with E-state index in [4.69, 9.17) is 9.47 Å². The molecule has 88 valence electrons. The Kier molecular flexibility index (Phi) is 4.13. The van der Waals surface area contributed by atoms with E-state index >= 15 is 0 Å². The van der Waals surface area contributed by atoms with Gasteiger partial charge in [-0.1, -0.05) is 12.1 Å². The fourth-order valence-electron chi connectivity index (χ4n) is 1.67. The van der Waals surface area contributed by atoms with Crippen molar-refractivity contribution in [1.82, 2.24) is 4.90 Å². The fourth-order valence-corrected chi connectivity index (χ4v) is 1.67. The van der Waals surface area contributed by atoms with Crippen LogP contribution in [0.15, 0.2) is 24.3 Å². The summed E-state index contributed by atoms with van der Waals surface area (Å²) in [6.07, 6.45) is 0. The van der Waals surface area contributed by atoms with Gasteiger partial charge in [0.25, 0.3) is 0 Å². The van der Waals surface area contributed by atoms with Crippen LogP contribution in [-0.2, 0) is 4.74 Å². The summed E-state index contributed by atoms with van der Waals surface area (Å²) in [6.45, 7) is 4.75. The zero-order valence-corrected chi connectivity index (χ0v) is 9.19. The van der Waals surface area contributed by atoms with E-state index in [2.05, 4.69) is 4.90 Å². The molecule has 0 aromatic heterocycles. The maximum absolute atomic E-state index is 13.2. The van der Waals surface area contributed by atoms with Crippen LogP contribution in [0.1, 0.15) is 0 Å². The van der Waals surface area contributed by atoms with Crippen LogP contribution in [0.3, 0.4) is 0 Å². The lowest BCUT2D eigenvalue weighted by atomic mass is 10.3. The van der Waals surface area contributed by atoms with Crippen molar-refractivity contribution in [2.45, 2.75) is 0 Å². The van der Waals surface area contributed by atoms with Gasteiger partial charge in [0.15, 0.2) is 11.6 Å². The average molecular weight is 225 g/mol. The smallest absolute Gasteiger partial charge is 0.165 e. The summed E-state index contributed by atoms with van der Waals surface area (Å²) in [6, 6.07) is 6.48. The third-order valence-corrected chi connectivity index (χ3v) is 2.61. The largest absolute Gasteiger partial charge is 0.489 e. The molecule has 1 saturated heterocycles. The Labute approximate surface area is 94.8 Å². The van der Waals surface area contributed by atoms with Crippen LogP contribution < -0.4 is 4.74 Å². The van der Waals surface area contributed by atoms with Gasteiger partial charge in [-0.25, -0.2) is 4.39 Å². The number of hydrogen-bond donors (Lipinski definition) is 0. The van der Waals surface area contributed by atoms with E-state index in [1.54, 1.807) is 18.2 Å². The van der Waals surface area contributed by atoms with Crippen LogP contribution in [0.5, 0.6) is 5.75 Å². The third-order valence-electron chi connectivity index (χ3n) is 2.61. The molecule has 0 aliphatic carbocycles. The van der Waals surface area contributed by atoms with E-state index in [0.29, 0.717) is 12.4 Å². The molecule has 16 heavy (non-hydrogen) atoms. The van der Waals surface area contributed by atoms with Crippen molar-refractivity contribution in [2.24, 2.45) is 0 Å². The van der Waals surface area contributed by atoms with E-state index in [1.807, 2.05) is 0 Å². The van der Waals surface area contributed by atoms with Gasteiger partial charge in [0.2, 0.25) is 0 Å². The van der Waals surface area contributed by atoms with Gasteiger partial charge in [0.1, 0.15) is 6.61 Å². The quantitative estimate of drug-likeness (QED) is 0.775. The molecule has 2 rings (SSSR count). The molecule has 0 unspecified atom stereocenters. The summed E-state index contributed by atoms with van der Waals surface area (Å²) >= 11 is 0. The lowest BCUT2D eigenvalue weighted by Gasteiger charge is -2.26. The van der Waals surface area contributed by atoms with Crippen molar-refractivity contribution >= 4 is 0 Å². The number of benzene rings is 1. The summed E-state index contributed by atoms with van der Waals surface area (Å²) in [7, 11) is 0. The summed E-state index contributed by atoms with van der Waals surface area (Å²) in [4.78, 5) is 2.25. The minimum Gasteiger partial charge on any atom is -0.489 e. The Hall–Kier alpha value is -1.13. The Morgan fingerprint density at radius 2 is 2.00 bits per heavy atom. The van der Waals surface area contributed by atoms with Gasteiger partial charge < -0.3 is 9.47 Å². The second-order valence-electron chi connectivity index (χ2n) is 3.73. The van der Waals surface area contributed by atoms with Crippen molar-refractivity contribution in [3.05, 3.63) is 30.1 Å². The second kappa shape index (κ2) is 5.82. The van der Waals surface area contributed by atoms with Gasteiger partial charge >= 0.3 is 0 Å². The Morgan fingerprint density at radius 1 is 1.25 bits per heavy atom. The lowest BCUT2D eigenvalue weighted by molar-refractivity contribution is 0.0320. The van der Waals surface area contributed by atoms with E-state index in [1.165, 1.54) is 6.07 Å². The minimum absolute atomic E-state index is 0.301. The van der Waals surface area contributed by atoms with Gasteiger partial charge in [-0.2, -0.15) is 0 Å². The first-order chi connectivity index (χ1) is 7.86. The van der Waals surface area contributed by atoms with Crippen molar-refractivity contribution in [2.75, 3.05) is 39.5 Å². The normalized spacial score (nSPS) is 17.3. The Bertz CT molecular complexity index is 327. The summed E-state index contributed by atoms with van der Waals surface area (Å²) in [5, 5.41) is 0. The van der Waals surface area contributed by atoms with Crippen molar-refractivity contribution in [3.8, 4) is 5.75 Å². The number of para-hydroxylation sites is 1. The first kappa shape index (κ1) is 11.4. The topological polar surface area (TPSA) is 21.7 Å². The van der Waals surface area contributed by atoms with Crippen molar-refractivity contribution in [3.63, 3.8) is 0 Å². The predicted octanol–water partition coefficient (Wildman–Crippen LogP) is 1.54. The van der Waals surface area contributed by atoms with Gasteiger partial charge in [-0.05, 0) is 12.1 Å². The zero-order valence-electron chi connectivity index (χ0n) is 9.19. The second-order valence-corrected chi connectivity index (χ2v) is 3.73. The van der Waals surface area contributed by atoms with Crippen molar-refractivity contribution < 1.29 is 13.9 Å². The minimum atomic E-state index is -0.301. The first-order valence-corrected chi connectivity index (χ1v) is 5.54. The zero-order chi connectivity index (χ0) is 11.2. The third kappa shape index (κ3) is 3.18. The lowest BCUT2D eigenvalue weighted by Crippen LogP contribution is -2.38. The molecule has 0 bridgehead atoms. The monoisotopic (exact) mass is 225 g/mol. The predicted molar refractivity (Wildman–Crippen MR) is 59.2 cm³/mol. The highest BCUT2D eigenvalue weighted by Gasteiger charge is 2.10. The molecule has 0 saturated carbocycles. The van der Waals surface area contributed by atoms with E-state index in [0.717, 1.165) is 32.8 Å². The van der Waals surface area contributed by atoms with Crippen LogP contribution in [0.25, 0.3) is 0 Å². The molecule has 0 amide bonds. The van der Waals surface area contributed by atoms with Crippen LogP contribution in [0.2, 0.25) is 0 Å². The summed E-state index contributed by atoms with van der Waals surface area (Å²) in [5.74, 6) is 0.0280. The molecule has 0 radical (unpaired) electrons. The van der Waals surface area contributed by atoms with Crippen LogP contribution in [0, 0.1) is 5.82 Å². The molecule has 1 fully saturated rings. The number of hydrogen-bond acceptors (Lipinski definition) is 3. The SMILES string of the molecule is Fc1ccccc1OCCN1CCOCC1. The first-order valence-electron chi connectivity index (χ1n) is 5.54. The number of nitrogens with zero attached hydrogens (tertiary/aromatic N) is 1. The molecular formula is C12H16FNO2. The molecule has 1 aliphatic heterocycles. The van der Waals surface area contributed by atoms with Crippen LogP contribution >= 0.6 is 0 Å². The van der Waals surface area contributed by atoms with Gasteiger partial charge in [0.05, 0.1) is 13.2 Å². The molecule has 0 spiro atoms. The van der Waals surface area contributed by atoms with E-state index < -0.39 is 0 Å². The standard InChI is InChI=1S/C12H16FNO2/c13-11-3-1-2-4-12(11)16-10-7-14-5-8-15-9-6-14/h1-4H,5-10H2. The molecule has 1 aromatic carbocycles. The van der Waals surface area contributed by atoms with Crippen LogP contribution in [-0.4, -0.2) is 44.4 Å². The van der Waals surface area contributed by atoms with E-state index in [-0.39, 0.29) is 5.82 Å². The molecule has 4 heteroatoms. The number of ether oxygens (including phenoxy) is 2. The van der Waals surface area contributed by atoms with E-state index in [9.17, 15) is 4.39 Å². The molecule has 3 nitrogen and oxygen atoms in total. The molecule has 1 aromatic rings. The van der Waals surface area contributed by atoms with Gasteiger partial charge in [-0.3, -0.25) is 4.90 Å². The fraction of sp³-hybridized carbons (Fsp3) is 0.500. The summed E-state index contributed by atoms with van der Waals surface area (Å²) in [5.41, 5.74) is 0. The molecule has 1 aliphatic rings. The average Bonchev–Trinajstić information content (AvgIpc) is 2.33. The molecule has 0 atom stereocenters. The number of morpholine rings is 1. The highest BCUT2D eigenvalue weighted by molar-refractivity contribution is 5.23. The number of halogens is 1. The Morgan fingerprint density at radius 3 is 2.75 bits per heavy atom. The Balaban J connectivity index is 1.73. The maximum atomic E-state index is 13.2. The van der Waals surface area contributed by atoms with Gasteiger partial charge in [0, 0.05) is 19.6 Å². The highest BCUT2D eigenvalue weighted by Crippen LogP contribution is 2.15. The molecule has 1 heterocycles. The van der Waals surface area contributed by atoms with Crippen molar-refractivity contribution in [1.29, 1.82) is 0 Å². The molecular weight excluding hydrogens is 209 g/mol. The highest BCUT2D eigenvalue weighted by atomic mass is 19.1. The van der Waals surface area contributed by atoms with Crippen LogP contribution in [0.4, 0.5) is 4.39 Å².